The van der Waals surface area contributed by atoms with Gasteiger partial charge in [-0.15, -0.1) is 11.3 Å². The number of anilines is 1. The number of esters is 2. The van der Waals surface area contributed by atoms with Gasteiger partial charge in [0.05, 0.1) is 29.7 Å². The number of hydrogen-bond donors (Lipinski definition) is 0. The van der Waals surface area contributed by atoms with Crippen LogP contribution in [-0.4, -0.2) is 67.8 Å². The number of amides is 2. The van der Waals surface area contributed by atoms with Gasteiger partial charge in [-0.2, -0.15) is 0 Å². The minimum Gasteiger partial charge on any atom is -0.428 e. The van der Waals surface area contributed by atoms with Crippen molar-refractivity contribution in [3.8, 4) is 11.8 Å². The molecule has 1 saturated carbocycles. The van der Waals surface area contributed by atoms with Gasteiger partial charge in [-0.3, -0.25) is 19.3 Å². The van der Waals surface area contributed by atoms with Gasteiger partial charge in [-0.25, -0.2) is 4.79 Å². The summed E-state index contributed by atoms with van der Waals surface area (Å²) >= 11 is 1.11. The first-order chi connectivity index (χ1) is 19.8. The molecule has 1 saturated heterocycles. The first kappa shape index (κ1) is 33.6. The Hall–Kier alpha value is -2.90. The van der Waals surface area contributed by atoms with Crippen LogP contribution < -0.4 is 4.90 Å². The van der Waals surface area contributed by atoms with Gasteiger partial charge in [0, 0.05) is 24.4 Å². The maximum Gasteiger partial charge on any atom is 0.353 e. The molecule has 1 atom stereocenters. The van der Waals surface area contributed by atoms with Gasteiger partial charge < -0.3 is 19.1 Å². The summed E-state index contributed by atoms with van der Waals surface area (Å²) in [6, 6.07) is 0.914. The number of hydrogen-bond acceptors (Lipinski definition) is 8. The number of nitrogens with zero attached hydrogens (tertiary/aromatic N) is 2. The first-order valence-electron chi connectivity index (χ1n) is 15.0. The van der Waals surface area contributed by atoms with Gasteiger partial charge in [0.15, 0.2) is 0 Å². The van der Waals surface area contributed by atoms with Crippen LogP contribution in [-0.2, 0) is 28.6 Å². The average molecular weight is 603 g/mol. The predicted molar refractivity (Wildman–Crippen MR) is 162 cm³/mol. The molecule has 1 aliphatic heterocycles. The first-order valence-corrected chi connectivity index (χ1v) is 15.8. The number of thiophene rings is 1. The third-order valence-corrected chi connectivity index (χ3v) is 8.51. The maximum absolute atomic E-state index is 14.4. The number of carbonyl (C=O) groups is 4. The van der Waals surface area contributed by atoms with Crippen LogP contribution in [0.2, 0.25) is 0 Å². The standard InChI is InChI=1S/C32H46N2O7S/c1-8-25(29(36)33-15-17-39-18-16-33)34(28(35)23-11-9-22(4)10-12-23)26-19-24(13-14-32(5,6)7)42-27(26)31(38)41-20-40-30(37)21(2)3/h19,21-23,25H,8-12,15-18,20H2,1-7H3. The van der Waals surface area contributed by atoms with Crippen molar-refractivity contribution in [2.45, 2.75) is 86.6 Å². The van der Waals surface area contributed by atoms with Gasteiger partial charge in [0.25, 0.3) is 0 Å². The van der Waals surface area contributed by atoms with Gasteiger partial charge >= 0.3 is 11.9 Å². The van der Waals surface area contributed by atoms with E-state index in [1.54, 1.807) is 24.8 Å². The van der Waals surface area contributed by atoms with E-state index in [1.807, 2.05) is 27.7 Å². The van der Waals surface area contributed by atoms with Gasteiger partial charge in [-0.05, 0) is 64.9 Å². The summed E-state index contributed by atoms with van der Waals surface area (Å²) in [6.07, 6.45) is 3.68. The van der Waals surface area contributed by atoms with Crippen LogP contribution in [0.25, 0.3) is 0 Å². The van der Waals surface area contributed by atoms with Gasteiger partial charge in [0.1, 0.15) is 10.9 Å². The van der Waals surface area contributed by atoms with Crippen molar-refractivity contribution in [2.75, 3.05) is 38.0 Å². The van der Waals surface area contributed by atoms with Crippen molar-refractivity contribution in [1.82, 2.24) is 4.90 Å². The summed E-state index contributed by atoms with van der Waals surface area (Å²) in [5, 5.41) is 0. The predicted octanol–water partition coefficient (Wildman–Crippen LogP) is 5.26. The molecule has 2 amide bonds. The Kier molecular flexibility index (Phi) is 12.0. The number of rotatable bonds is 9. The Morgan fingerprint density at radius 1 is 1.10 bits per heavy atom. The molecule has 2 aliphatic rings. The Bertz CT molecular complexity index is 1180. The smallest absolute Gasteiger partial charge is 0.353 e. The Balaban J connectivity index is 2.07. The second kappa shape index (κ2) is 15.0. The minimum absolute atomic E-state index is 0.152. The highest BCUT2D eigenvalue weighted by molar-refractivity contribution is 7.15. The Morgan fingerprint density at radius 3 is 2.31 bits per heavy atom. The van der Waals surface area contributed by atoms with E-state index in [0.717, 1.165) is 37.0 Å². The van der Waals surface area contributed by atoms with E-state index in [-0.39, 0.29) is 33.9 Å². The van der Waals surface area contributed by atoms with Crippen molar-refractivity contribution in [1.29, 1.82) is 0 Å². The molecule has 10 heteroatoms. The topological polar surface area (TPSA) is 102 Å². The van der Waals surface area contributed by atoms with Gasteiger partial charge in [-0.1, -0.05) is 39.5 Å². The summed E-state index contributed by atoms with van der Waals surface area (Å²) in [5.74, 6) is 4.69. The summed E-state index contributed by atoms with van der Waals surface area (Å²) in [6.45, 7) is 14.6. The molecular formula is C32H46N2O7S. The molecule has 2 heterocycles. The summed E-state index contributed by atoms with van der Waals surface area (Å²) < 4.78 is 15.9. The normalized spacial score (nSPS) is 19.9. The molecule has 0 radical (unpaired) electrons. The fourth-order valence-electron chi connectivity index (χ4n) is 5.00. The lowest BCUT2D eigenvalue weighted by Crippen LogP contribution is -2.55. The fraction of sp³-hybridized carbons (Fsp3) is 0.688. The molecule has 0 spiro atoms. The zero-order valence-electron chi connectivity index (χ0n) is 26.1. The molecule has 1 aromatic heterocycles. The molecule has 3 rings (SSSR count). The highest BCUT2D eigenvalue weighted by atomic mass is 32.1. The van der Waals surface area contributed by atoms with Gasteiger partial charge in [0.2, 0.25) is 18.6 Å². The average Bonchev–Trinajstić information content (AvgIpc) is 3.38. The van der Waals surface area contributed by atoms with Crippen molar-refractivity contribution in [2.24, 2.45) is 23.2 Å². The lowest BCUT2D eigenvalue weighted by atomic mass is 9.82. The Labute approximate surface area is 254 Å². The Morgan fingerprint density at radius 2 is 1.74 bits per heavy atom. The van der Waals surface area contributed by atoms with E-state index in [2.05, 4.69) is 18.8 Å². The van der Waals surface area contributed by atoms with Crippen LogP contribution in [0.5, 0.6) is 0 Å². The molecule has 0 N–H and O–H groups in total. The fourth-order valence-corrected chi connectivity index (χ4v) is 5.89. The van der Waals surface area contributed by atoms with E-state index in [0.29, 0.717) is 49.2 Å². The minimum atomic E-state index is -0.807. The van der Waals surface area contributed by atoms with E-state index in [1.165, 1.54) is 4.90 Å². The second-order valence-corrected chi connectivity index (χ2v) is 13.6. The summed E-state index contributed by atoms with van der Waals surface area (Å²) in [7, 11) is 0. The van der Waals surface area contributed by atoms with Crippen LogP contribution in [0.15, 0.2) is 6.07 Å². The van der Waals surface area contributed by atoms with Crippen molar-refractivity contribution in [3.05, 3.63) is 15.8 Å². The molecule has 0 bridgehead atoms. The van der Waals surface area contributed by atoms with Crippen molar-refractivity contribution < 1.29 is 33.4 Å². The zero-order chi connectivity index (χ0) is 31.0. The second-order valence-electron chi connectivity index (χ2n) is 12.5. The molecule has 232 valence electrons. The quantitative estimate of drug-likeness (QED) is 0.216. The molecular weight excluding hydrogens is 556 g/mol. The lowest BCUT2D eigenvalue weighted by Gasteiger charge is -2.38. The van der Waals surface area contributed by atoms with E-state index in [4.69, 9.17) is 14.2 Å². The third kappa shape index (κ3) is 9.05. The molecule has 1 unspecified atom stereocenters. The summed E-state index contributed by atoms with van der Waals surface area (Å²) in [4.78, 5) is 57.7. The monoisotopic (exact) mass is 602 g/mol. The highest BCUT2D eigenvalue weighted by Gasteiger charge is 2.40. The van der Waals surface area contributed by atoms with Crippen molar-refractivity contribution >= 4 is 40.8 Å². The van der Waals surface area contributed by atoms with E-state index in [9.17, 15) is 19.2 Å². The van der Waals surface area contributed by atoms with Crippen LogP contribution in [0.4, 0.5) is 5.69 Å². The van der Waals surface area contributed by atoms with Crippen LogP contribution >= 0.6 is 11.3 Å². The number of ether oxygens (including phenoxy) is 3. The molecule has 0 aromatic carbocycles. The number of morpholine rings is 1. The molecule has 9 nitrogen and oxygen atoms in total. The lowest BCUT2D eigenvalue weighted by molar-refractivity contribution is -0.155. The SMILES string of the molecule is CCC(C(=O)N1CCOCC1)N(C(=O)C1CCC(C)CC1)c1cc(C#CC(C)(C)C)sc1C(=O)OCOC(=O)C(C)C. The maximum atomic E-state index is 14.4. The number of carbonyl (C=O) groups excluding carboxylic acids is 4. The van der Waals surface area contributed by atoms with Crippen molar-refractivity contribution in [3.63, 3.8) is 0 Å². The highest BCUT2D eigenvalue weighted by Crippen LogP contribution is 2.37. The van der Waals surface area contributed by atoms with Crippen LogP contribution in [0, 0.1) is 35.0 Å². The van der Waals surface area contributed by atoms with Crippen LogP contribution in [0.1, 0.15) is 95.1 Å². The summed E-state index contributed by atoms with van der Waals surface area (Å²) in [5.41, 5.74) is 0.0260. The third-order valence-electron chi connectivity index (χ3n) is 7.49. The van der Waals surface area contributed by atoms with E-state index >= 15 is 0 Å². The largest absolute Gasteiger partial charge is 0.428 e. The van der Waals surface area contributed by atoms with Crippen LogP contribution in [0.3, 0.4) is 0 Å². The van der Waals surface area contributed by atoms with E-state index < -0.39 is 24.8 Å². The molecule has 1 aromatic rings. The molecule has 1 aliphatic carbocycles. The molecule has 42 heavy (non-hydrogen) atoms. The zero-order valence-corrected chi connectivity index (χ0v) is 26.9. The molecule has 2 fully saturated rings.